The number of rotatable bonds is 14. The average molecular weight is 667 g/mol. The predicted molar refractivity (Wildman–Crippen MR) is 158 cm³/mol. The Kier molecular flexibility index (Phi) is 10.7. The van der Waals surface area contributed by atoms with E-state index in [4.69, 9.17) is 24.0 Å². The van der Waals surface area contributed by atoms with Gasteiger partial charge in [-0.3, -0.25) is 18.8 Å². The molecule has 2 unspecified atom stereocenters. The van der Waals surface area contributed by atoms with Crippen LogP contribution in [0.25, 0.3) is 11.2 Å². The van der Waals surface area contributed by atoms with E-state index in [0.29, 0.717) is 18.7 Å². The smallest absolute Gasteiger partial charge is 0.386 e. The zero-order chi connectivity index (χ0) is 30.7. The lowest BCUT2D eigenvalue weighted by molar-refractivity contribution is -0.0562. The van der Waals surface area contributed by atoms with Crippen LogP contribution in [0, 0.1) is 5.92 Å². The van der Waals surface area contributed by atoms with Gasteiger partial charge >= 0.3 is 13.6 Å². The Morgan fingerprint density at radius 1 is 1.29 bits per heavy atom. The first-order valence-corrected chi connectivity index (χ1v) is 18.0. The third kappa shape index (κ3) is 8.53. The molecule has 1 aliphatic carbocycles. The van der Waals surface area contributed by atoms with E-state index in [1.165, 1.54) is 24.3 Å². The van der Waals surface area contributed by atoms with Crippen molar-refractivity contribution >= 4 is 61.0 Å². The number of nitrogens with one attached hydrogen (secondary N) is 2. The van der Waals surface area contributed by atoms with Crippen molar-refractivity contribution < 1.29 is 37.4 Å². The van der Waals surface area contributed by atoms with Crippen LogP contribution < -0.4 is 16.6 Å². The lowest BCUT2D eigenvalue weighted by Gasteiger charge is -2.29. The quantitative estimate of drug-likeness (QED) is 0.0959. The molecule has 3 aromatic heterocycles. The van der Waals surface area contributed by atoms with Crippen molar-refractivity contribution in [2.75, 3.05) is 31.4 Å². The SMILES string of the molecule is CO[C@H](COP(=O)(S)O[C@H]1C[C@H](Nc2ccncn2)C[C@@H]1COP(=O)(O)S)[C@@H](O)[C@@H](C)n1cnc2c(=O)[nH]c(N)nc21. The molecule has 17 nitrogen and oxygen atoms in total. The maximum Gasteiger partial charge on any atom is 0.386 e. The summed E-state index contributed by atoms with van der Waals surface area (Å²) in [5, 5.41) is 14.3. The molecule has 4 rings (SSSR count). The number of aromatic nitrogens is 6. The average Bonchev–Trinajstić information content (AvgIpc) is 3.50. The summed E-state index contributed by atoms with van der Waals surface area (Å²) >= 11 is 7.67. The maximum atomic E-state index is 13.3. The summed E-state index contributed by atoms with van der Waals surface area (Å²) in [4.78, 5) is 40.1. The third-order valence-electron chi connectivity index (χ3n) is 6.76. The van der Waals surface area contributed by atoms with Gasteiger partial charge in [0.2, 0.25) is 5.95 Å². The summed E-state index contributed by atoms with van der Waals surface area (Å²) in [5.74, 6) is -0.0265. The van der Waals surface area contributed by atoms with Gasteiger partial charge < -0.3 is 34.9 Å². The number of anilines is 2. The van der Waals surface area contributed by atoms with Crippen molar-refractivity contribution in [1.29, 1.82) is 0 Å². The van der Waals surface area contributed by atoms with Crippen molar-refractivity contribution in [3.63, 3.8) is 0 Å². The van der Waals surface area contributed by atoms with Gasteiger partial charge in [0.05, 0.1) is 31.7 Å². The molecule has 1 saturated carbocycles. The van der Waals surface area contributed by atoms with E-state index in [-0.39, 0.29) is 36.4 Å². The first-order chi connectivity index (χ1) is 19.8. The van der Waals surface area contributed by atoms with Gasteiger partial charge in [0.1, 0.15) is 24.4 Å². The third-order valence-corrected chi connectivity index (χ3v) is 9.23. The molecule has 0 aliphatic heterocycles. The van der Waals surface area contributed by atoms with Crippen molar-refractivity contribution in [3.05, 3.63) is 35.3 Å². The number of methoxy groups -OCH3 is 1. The van der Waals surface area contributed by atoms with Gasteiger partial charge in [-0.1, -0.05) is 24.5 Å². The molecule has 8 atom stereocenters. The monoisotopic (exact) mass is 666 g/mol. The molecule has 3 aromatic rings. The number of H-pyrrole nitrogens is 1. The molecule has 1 fully saturated rings. The number of aliphatic hydroxyl groups is 1. The van der Waals surface area contributed by atoms with Crippen molar-refractivity contribution in [1.82, 2.24) is 29.5 Å². The Labute approximate surface area is 250 Å². The Morgan fingerprint density at radius 2 is 2.05 bits per heavy atom. The minimum atomic E-state index is -4.08. The number of hydrogen-bond donors (Lipinski definition) is 7. The number of nitrogens with two attached hydrogens (primary N) is 1. The lowest BCUT2D eigenvalue weighted by Crippen LogP contribution is -2.38. The highest BCUT2D eigenvalue weighted by atomic mass is 32.7. The summed E-state index contributed by atoms with van der Waals surface area (Å²) < 4.78 is 48.0. The zero-order valence-electron chi connectivity index (χ0n) is 22.5. The van der Waals surface area contributed by atoms with Gasteiger partial charge in [0.15, 0.2) is 11.2 Å². The molecular formula is C21H32N8O9P2S2. The minimum Gasteiger partial charge on any atom is -0.388 e. The summed E-state index contributed by atoms with van der Waals surface area (Å²) in [6.07, 6.45) is 2.03. The van der Waals surface area contributed by atoms with Crippen LogP contribution in [0.5, 0.6) is 0 Å². The van der Waals surface area contributed by atoms with Crippen LogP contribution in [0.3, 0.4) is 0 Å². The molecule has 0 saturated heterocycles. The number of imidazole rings is 1. The van der Waals surface area contributed by atoms with Crippen LogP contribution >= 0.6 is 38.1 Å². The maximum absolute atomic E-state index is 13.3. The van der Waals surface area contributed by atoms with Crippen molar-refractivity contribution in [3.8, 4) is 0 Å². The standard InChI is InChI=1S/C21H32N8O9P2S2/c1-11(29-10-25-17-19(29)27-21(22)28-20(17)31)18(30)15(35-2)8-37-40(34,42)38-14-6-13(26-16-3-4-23-9-24-16)5-12(14)7-36-39(32,33)41/h3-4,9-15,18,30H,5-8H2,1-2H3,(H,34,42)(H,23,24,26)(H2,32,33,41)(H3,22,27,28,31)/t11-,12-,13-,14+,15-,18+,40?/m1/s1. The fourth-order valence-corrected chi connectivity index (χ4v) is 6.82. The Balaban J connectivity index is 1.41. The van der Waals surface area contributed by atoms with E-state index >= 15 is 0 Å². The molecular weight excluding hydrogens is 634 g/mol. The molecule has 42 heavy (non-hydrogen) atoms. The van der Waals surface area contributed by atoms with Crippen LogP contribution in [0.2, 0.25) is 0 Å². The minimum absolute atomic E-state index is 0.0415. The predicted octanol–water partition coefficient (Wildman–Crippen LogP) is 1.81. The number of aromatic amines is 1. The van der Waals surface area contributed by atoms with E-state index in [1.807, 2.05) is 0 Å². The van der Waals surface area contributed by atoms with E-state index in [1.54, 1.807) is 19.2 Å². The van der Waals surface area contributed by atoms with Gasteiger partial charge in [0.25, 0.3) is 5.56 Å². The van der Waals surface area contributed by atoms with Gasteiger partial charge in [-0.15, -0.1) is 0 Å². The second-order valence-electron chi connectivity index (χ2n) is 9.64. The van der Waals surface area contributed by atoms with Gasteiger partial charge in [-0.2, -0.15) is 4.98 Å². The number of nitrogens with zero attached hydrogens (tertiary/aromatic N) is 5. The Morgan fingerprint density at radius 3 is 2.71 bits per heavy atom. The molecule has 0 radical (unpaired) electrons. The van der Waals surface area contributed by atoms with E-state index in [2.05, 4.69) is 54.7 Å². The second-order valence-corrected chi connectivity index (χ2v) is 15.3. The number of thiol groups is 2. The molecule has 0 bridgehead atoms. The van der Waals surface area contributed by atoms with Crippen LogP contribution in [0.15, 0.2) is 29.7 Å². The fraction of sp³-hybridized carbons (Fsp3) is 0.571. The normalized spacial score (nSPS) is 24.1. The zero-order valence-corrected chi connectivity index (χ0v) is 26.0. The number of fused-ring (bicyclic) bond motifs is 1. The van der Waals surface area contributed by atoms with E-state index in [9.17, 15) is 23.9 Å². The molecule has 0 spiro atoms. The molecule has 0 aromatic carbocycles. The van der Waals surface area contributed by atoms with Crippen LogP contribution in [0.4, 0.5) is 11.8 Å². The largest absolute Gasteiger partial charge is 0.388 e. The van der Waals surface area contributed by atoms with E-state index in [0.717, 1.165) is 0 Å². The van der Waals surface area contributed by atoms with Gasteiger partial charge in [-0.05, 0) is 25.8 Å². The first-order valence-electron chi connectivity index (χ1n) is 12.6. The fourth-order valence-electron chi connectivity index (χ4n) is 4.68. The van der Waals surface area contributed by atoms with Gasteiger partial charge in [0, 0.05) is 25.3 Å². The lowest BCUT2D eigenvalue weighted by atomic mass is 10.1. The number of hydrogen-bond acceptors (Lipinski definition) is 14. The number of nitrogen functional groups attached to an aromatic ring is 1. The van der Waals surface area contributed by atoms with Crippen LogP contribution in [-0.2, 0) is 27.4 Å². The topological polar surface area (TPSA) is 239 Å². The highest BCUT2D eigenvalue weighted by molar-refractivity contribution is 8.44. The van der Waals surface area contributed by atoms with Crippen LogP contribution in [0.1, 0.15) is 25.8 Å². The second kappa shape index (κ2) is 13.7. The Hall–Kier alpha value is -2.05. The first kappa shape index (κ1) is 32.9. The molecule has 3 heterocycles. The highest BCUT2D eigenvalue weighted by Gasteiger charge is 2.41. The van der Waals surface area contributed by atoms with Crippen LogP contribution in [-0.4, -0.2) is 84.2 Å². The molecule has 6 N–H and O–H groups in total. The van der Waals surface area contributed by atoms with Crippen molar-refractivity contribution in [2.24, 2.45) is 5.92 Å². The summed E-state index contributed by atoms with van der Waals surface area (Å²) in [7, 11) is 1.33. The summed E-state index contributed by atoms with van der Waals surface area (Å²) in [6, 6.07) is 0.742. The van der Waals surface area contributed by atoms with Gasteiger partial charge in [-0.25, -0.2) is 24.1 Å². The highest BCUT2D eigenvalue weighted by Crippen LogP contribution is 2.57. The molecule has 0 amide bonds. The van der Waals surface area contributed by atoms with E-state index < -0.39 is 49.4 Å². The Bertz CT molecular complexity index is 1510. The summed E-state index contributed by atoms with van der Waals surface area (Å²) in [5.41, 5.74) is 5.33. The summed E-state index contributed by atoms with van der Waals surface area (Å²) in [6.45, 7) is -7.07. The number of ether oxygens (including phenoxy) is 1. The molecule has 21 heteroatoms. The molecule has 1 aliphatic rings. The number of aliphatic hydroxyl groups excluding tert-OH is 1. The molecule has 232 valence electrons. The van der Waals surface area contributed by atoms with Crippen molar-refractivity contribution in [2.45, 2.75) is 50.2 Å².